The Balaban J connectivity index is 2.56. The van der Waals surface area contributed by atoms with E-state index in [-0.39, 0.29) is 0 Å². The fraction of sp³-hybridized carbons (Fsp3) is 0.462. The summed E-state index contributed by atoms with van der Waals surface area (Å²) in [6, 6.07) is 8.24. The molecule has 2 nitrogen and oxygen atoms in total. The minimum Gasteiger partial charge on any atom is -0.411 e. The second-order valence-corrected chi connectivity index (χ2v) is 3.84. The molecule has 0 aliphatic rings. The van der Waals surface area contributed by atoms with Gasteiger partial charge < -0.3 is 5.21 Å². The second-order valence-electron chi connectivity index (χ2n) is 3.84. The summed E-state index contributed by atoms with van der Waals surface area (Å²) in [7, 11) is 0. The normalized spacial score (nSPS) is 11.7. The molecule has 0 fully saturated rings. The van der Waals surface area contributed by atoms with Crippen LogP contribution in [0.15, 0.2) is 29.4 Å². The molecule has 1 N–H and O–H groups in total. The Bertz CT molecular complexity index is 314. The first kappa shape index (κ1) is 11.8. The van der Waals surface area contributed by atoms with Crippen LogP contribution < -0.4 is 0 Å². The molecule has 0 radical (unpaired) electrons. The lowest BCUT2D eigenvalue weighted by Crippen LogP contribution is -1.94. The fourth-order valence-electron chi connectivity index (χ4n) is 1.55. The molecule has 1 aromatic carbocycles. The van der Waals surface area contributed by atoms with E-state index in [1.807, 2.05) is 12.1 Å². The van der Waals surface area contributed by atoms with Crippen LogP contribution in [-0.4, -0.2) is 10.9 Å². The summed E-state index contributed by atoms with van der Waals surface area (Å²) in [6.45, 7) is 4.01. The number of hydrogen-bond donors (Lipinski definition) is 1. The predicted octanol–water partition coefficient (Wildman–Crippen LogP) is 3.62. The van der Waals surface area contributed by atoms with Crippen molar-refractivity contribution in [3.8, 4) is 0 Å². The summed E-state index contributed by atoms with van der Waals surface area (Å²) >= 11 is 0. The molecule has 15 heavy (non-hydrogen) atoms. The molecule has 82 valence electrons. The van der Waals surface area contributed by atoms with E-state index in [1.54, 1.807) is 6.92 Å². The monoisotopic (exact) mass is 205 g/mol. The molecule has 0 amide bonds. The summed E-state index contributed by atoms with van der Waals surface area (Å²) in [5.41, 5.74) is 3.00. The third-order valence-corrected chi connectivity index (χ3v) is 2.59. The van der Waals surface area contributed by atoms with Gasteiger partial charge in [-0.2, -0.15) is 0 Å². The number of benzene rings is 1. The van der Waals surface area contributed by atoms with Gasteiger partial charge in [0, 0.05) is 0 Å². The lowest BCUT2D eigenvalue weighted by atomic mass is 10.0. The molecule has 1 rings (SSSR count). The van der Waals surface area contributed by atoms with E-state index in [2.05, 4.69) is 24.2 Å². The molecule has 0 heterocycles. The predicted molar refractivity (Wildman–Crippen MR) is 63.7 cm³/mol. The topological polar surface area (TPSA) is 32.6 Å². The van der Waals surface area contributed by atoms with Crippen molar-refractivity contribution in [3.63, 3.8) is 0 Å². The molecule has 2 heteroatoms. The number of oxime groups is 1. The highest BCUT2D eigenvalue weighted by Gasteiger charge is 1.98. The minimum absolute atomic E-state index is 0.662. The van der Waals surface area contributed by atoms with Crippen LogP contribution in [0, 0.1) is 0 Å². The Labute approximate surface area is 91.6 Å². The Morgan fingerprint density at radius 2 is 1.87 bits per heavy atom. The van der Waals surface area contributed by atoms with Crippen molar-refractivity contribution in [3.05, 3.63) is 35.4 Å². The van der Waals surface area contributed by atoms with Gasteiger partial charge in [-0.1, -0.05) is 49.2 Å². The molecule has 0 spiro atoms. The van der Waals surface area contributed by atoms with E-state index in [0.29, 0.717) is 5.71 Å². The van der Waals surface area contributed by atoms with E-state index < -0.39 is 0 Å². The van der Waals surface area contributed by atoms with Crippen molar-refractivity contribution in [2.45, 2.75) is 39.5 Å². The van der Waals surface area contributed by atoms with Crippen LogP contribution in [0.1, 0.15) is 44.2 Å². The maximum atomic E-state index is 8.62. The number of aryl methyl sites for hydroxylation is 1. The van der Waals surface area contributed by atoms with Gasteiger partial charge in [0.1, 0.15) is 0 Å². The lowest BCUT2D eigenvalue weighted by molar-refractivity contribution is 0.319. The SMILES string of the molecule is CCCCCc1ccc(/C(C)=N/O)cc1. The Morgan fingerprint density at radius 3 is 2.40 bits per heavy atom. The smallest absolute Gasteiger partial charge is 0.0836 e. The first-order valence-corrected chi connectivity index (χ1v) is 5.56. The first-order valence-electron chi connectivity index (χ1n) is 5.56. The van der Waals surface area contributed by atoms with Gasteiger partial charge in [-0.3, -0.25) is 0 Å². The highest BCUT2D eigenvalue weighted by atomic mass is 16.4. The quantitative estimate of drug-likeness (QED) is 0.338. The van der Waals surface area contributed by atoms with E-state index in [1.165, 1.54) is 24.8 Å². The summed E-state index contributed by atoms with van der Waals surface area (Å²) in [4.78, 5) is 0. The maximum absolute atomic E-state index is 8.62. The van der Waals surface area contributed by atoms with Crippen LogP contribution >= 0.6 is 0 Å². The average molecular weight is 205 g/mol. The average Bonchev–Trinajstić information content (AvgIpc) is 2.29. The van der Waals surface area contributed by atoms with Crippen LogP contribution in [-0.2, 0) is 6.42 Å². The second kappa shape index (κ2) is 6.23. The number of nitrogens with zero attached hydrogens (tertiary/aromatic N) is 1. The number of unbranched alkanes of at least 4 members (excludes halogenated alkanes) is 2. The zero-order chi connectivity index (χ0) is 11.1. The summed E-state index contributed by atoms with van der Waals surface area (Å²) in [5.74, 6) is 0. The maximum Gasteiger partial charge on any atom is 0.0836 e. The number of rotatable bonds is 5. The summed E-state index contributed by atoms with van der Waals surface area (Å²) in [6.07, 6.45) is 4.94. The van der Waals surface area contributed by atoms with Gasteiger partial charge in [0.2, 0.25) is 0 Å². The highest BCUT2D eigenvalue weighted by Crippen LogP contribution is 2.09. The summed E-state index contributed by atoms with van der Waals surface area (Å²) in [5, 5.41) is 11.8. The Kier molecular flexibility index (Phi) is 4.88. The molecular formula is C13H19NO. The van der Waals surface area contributed by atoms with Crippen molar-refractivity contribution in [2.75, 3.05) is 0 Å². The molecule has 0 unspecified atom stereocenters. The van der Waals surface area contributed by atoms with Crippen molar-refractivity contribution in [1.82, 2.24) is 0 Å². The molecule has 0 aliphatic carbocycles. The van der Waals surface area contributed by atoms with Crippen LogP contribution in [0.4, 0.5) is 0 Å². The van der Waals surface area contributed by atoms with Crippen LogP contribution in [0.3, 0.4) is 0 Å². The van der Waals surface area contributed by atoms with Crippen LogP contribution in [0.25, 0.3) is 0 Å². The van der Waals surface area contributed by atoms with E-state index in [0.717, 1.165) is 12.0 Å². The van der Waals surface area contributed by atoms with Crippen molar-refractivity contribution in [2.24, 2.45) is 5.16 Å². The van der Waals surface area contributed by atoms with Gasteiger partial charge >= 0.3 is 0 Å². The first-order chi connectivity index (χ1) is 7.27. The van der Waals surface area contributed by atoms with E-state index in [9.17, 15) is 0 Å². The molecule has 0 aromatic heterocycles. The van der Waals surface area contributed by atoms with Crippen LogP contribution in [0.2, 0.25) is 0 Å². The molecule has 0 aliphatic heterocycles. The highest BCUT2D eigenvalue weighted by molar-refractivity contribution is 5.98. The van der Waals surface area contributed by atoms with E-state index >= 15 is 0 Å². The van der Waals surface area contributed by atoms with Gasteiger partial charge in [0.25, 0.3) is 0 Å². The largest absolute Gasteiger partial charge is 0.411 e. The van der Waals surface area contributed by atoms with Crippen LogP contribution in [0.5, 0.6) is 0 Å². The zero-order valence-electron chi connectivity index (χ0n) is 9.53. The molecule has 0 saturated carbocycles. The summed E-state index contributed by atoms with van der Waals surface area (Å²) < 4.78 is 0. The third-order valence-electron chi connectivity index (χ3n) is 2.59. The van der Waals surface area contributed by atoms with Crippen molar-refractivity contribution >= 4 is 5.71 Å². The molecule has 0 bridgehead atoms. The molecule has 1 aromatic rings. The zero-order valence-corrected chi connectivity index (χ0v) is 9.53. The Hall–Kier alpha value is -1.31. The minimum atomic E-state index is 0.662. The van der Waals surface area contributed by atoms with Gasteiger partial charge in [-0.15, -0.1) is 0 Å². The molecular weight excluding hydrogens is 186 g/mol. The van der Waals surface area contributed by atoms with Crippen molar-refractivity contribution in [1.29, 1.82) is 0 Å². The Morgan fingerprint density at radius 1 is 1.20 bits per heavy atom. The molecule has 0 saturated heterocycles. The fourth-order valence-corrected chi connectivity index (χ4v) is 1.55. The molecule has 0 atom stereocenters. The van der Waals surface area contributed by atoms with Gasteiger partial charge in [-0.25, -0.2) is 0 Å². The third kappa shape index (κ3) is 3.74. The number of hydrogen-bond acceptors (Lipinski definition) is 2. The van der Waals surface area contributed by atoms with E-state index in [4.69, 9.17) is 5.21 Å². The standard InChI is InChI=1S/C13H19NO/c1-3-4-5-6-12-7-9-13(10-8-12)11(2)14-15/h7-10,15H,3-6H2,1-2H3/b14-11+. The van der Waals surface area contributed by atoms with Crippen molar-refractivity contribution < 1.29 is 5.21 Å². The van der Waals surface area contributed by atoms with Gasteiger partial charge in [0.15, 0.2) is 0 Å². The van der Waals surface area contributed by atoms with Gasteiger partial charge in [-0.05, 0) is 30.9 Å². The lowest BCUT2D eigenvalue weighted by Gasteiger charge is -2.02. The van der Waals surface area contributed by atoms with Gasteiger partial charge in [0.05, 0.1) is 5.71 Å².